The average molecular weight is 313 g/mol. The molecule has 6 heteroatoms. The molecule has 0 saturated heterocycles. The molecule has 2 aromatic rings. The first-order valence-corrected chi connectivity index (χ1v) is 7.32. The number of pyridine rings is 1. The van der Waals surface area contributed by atoms with Gasteiger partial charge in [-0.05, 0) is 36.2 Å². The van der Waals surface area contributed by atoms with E-state index in [1.807, 2.05) is 12.1 Å². The summed E-state index contributed by atoms with van der Waals surface area (Å²) in [4.78, 5) is 15.1. The molecule has 3 rings (SSSR count). The number of rotatable bonds is 5. The maximum absolute atomic E-state index is 13.0. The second-order valence-electron chi connectivity index (χ2n) is 5.46. The lowest BCUT2D eigenvalue weighted by Crippen LogP contribution is -2.33. The third-order valence-electron chi connectivity index (χ3n) is 3.80. The van der Waals surface area contributed by atoms with Crippen LogP contribution >= 0.6 is 0 Å². The molecule has 0 spiro atoms. The quantitative estimate of drug-likeness (QED) is 0.920. The predicted molar refractivity (Wildman–Crippen MR) is 83.6 cm³/mol. The lowest BCUT2D eigenvalue weighted by molar-refractivity contribution is -0.138. The molecule has 0 radical (unpaired) electrons. The first kappa shape index (κ1) is 15.1. The Kier molecular flexibility index (Phi) is 4.32. The minimum absolute atomic E-state index is 0.0558. The maximum atomic E-state index is 13.0. The largest absolute Gasteiger partial charge is 0.480 e. The average Bonchev–Trinajstić information content (AvgIpc) is 2.92. The van der Waals surface area contributed by atoms with Crippen LogP contribution in [0.5, 0.6) is 0 Å². The normalized spacial score (nSPS) is 17.2. The number of hydrazone groups is 1. The van der Waals surface area contributed by atoms with Crippen LogP contribution in [0.2, 0.25) is 0 Å². The first-order valence-electron chi connectivity index (χ1n) is 7.32. The van der Waals surface area contributed by atoms with Gasteiger partial charge in [0.25, 0.3) is 0 Å². The van der Waals surface area contributed by atoms with E-state index in [9.17, 15) is 9.18 Å². The SMILES string of the molecule is O=C(O)CN1N=C(c2ccncc2)CC1Cc1ccc(F)cc1. The summed E-state index contributed by atoms with van der Waals surface area (Å²) in [5, 5.41) is 15.1. The van der Waals surface area contributed by atoms with Gasteiger partial charge in [-0.1, -0.05) is 12.1 Å². The molecule has 2 heterocycles. The fourth-order valence-electron chi connectivity index (χ4n) is 2.70. The van der Waals surface area contributed by atoms with E-state index in [1.165, 1.54) is 12.1 Å². The van der Waals surface area contributed by atoms with Gasteiger partial charge < -0.3 is 5.11 Å². The summed E-state index contributed by atoms with van der Waals surface area (Å²) < 4.78 is 13.0. The van der Waals surface area contributed by atoms with Gasteiger partial charge in [0, 0.05) is 24.4 Å². The summed E-state index contributed by atoms with van der Waals surface area (Å²) in [7, 11) is 0. The van der Waals surface area contributed by atoms with E-state index in [0.29, 0.717) is 12.8 Å². The Morgan fingerprint density at radius 2 is 1.91 bits per heavy atom. The van der Waals surface area contributed by atoms with E-state index in [1.54, 1.807) is 29.5 Å². The van der Waals surface area contributed by atoms with Crippen molar-refractivity contribution in [3.05, 3.63) is 65.7 Å². The third-order valence-corrected chi connectivity index (χ3v) is 3.80. The summed E-state index contributed by atoms with van der Waals surface area (Å²) in [6.45, 7) is -0.152. The first-order chi connectivity index (χ1) is 11.1. The molecule has 0 amide bonds. The minimum Gasteiger partial charge on any atom is -0.480 e. The van der Waals surface area contributed by atoms with Crippen LogP contribution in [-0.4, -0.2) is 39.4 Å². The Morgan fingerprint density at radius 3 is 2.57 bits per heavy atom. The molecule has 118 valence electrons. The Hall–Kier alpha value is -2.76. The maximum Gasteiger partial charge on any atom is 0.324 e. The van der Waals surface area contributed by atoms with E-state index in [-0.39, 0.29) is 18.4 Å². The number of carboxylic acid groups (broad SMARTS) is 1. The number of aliphatic carboxylic acids is 1. The molecule has 0 bridgehead atoms. The van der Waals surface area contributed by atoms with Crippen molar-refractivity contribution in [2.75, 3.05) is 6.54 Å². The number of halogens is 1. The van der Waals surface area contributed by atoms with Crippen molar-refractivity contribution < 1.29 is 14.3 Å². The predicted octanol–water partition coefficient (Wildman–Crippen LogP) is 2.33. The molecule has 1 atom stereocenters. The Bertz CT molecular complexity index is 716. The zero-order valence-corrected chi connectivity index (χ0v) is 12.4. The van der Waals surface area contributed by atoms with Gasteiger partial charge in [0.05, 0.1) is 11.8 Å². The van der Waals surface area contributed by atoms with Gasteiger partial charge in [-0.25, -0.2) is 4.39 Å². The number of nitrogens with zero attached hydrogens (tertiary/aromatic N) is 3. The van der Waals surface area contributed by atoms with E-state index in [4.69, 9.17) is 5.11 Å². The van der Waals surface area contributed by atoms with Crippen molar-refractivity contribution in [3.63, 3.8) is 0 Å². The second kappa shape index (κ2) is 6.56. The third kappa shape index (κ3) is 3.71. The van der Waals surface area contributed by atoms with Crippen molar-refractivity contribution in [3.8, 4) is 0 Å². The summed E-state index contributed by atoms with van der Waals surface area (Å²) in [6, 6.07) is 9.93. The number of hydrogen-bond donors (Lipinski definition) is 1. The van der Waals surface area contributed by atoms with Crippen molar-refractivity contribution in [2.45, 2.75) is 18.9 Å². The van der Waals surface area contributed by atoms with E-state index >= 15 is 0 Å². The van der Waals surface area contributed by atoms with Crippen LogP contribution in [0, 0.1) is 5.82 Å². The van der Waals surface area contributed by atoms with Crippen LogP contribution in [-0.2, 0) is 11.2 Å². The van der Waals surface area contributed by atoms with Gasteiger partial charge in [0.15, 0.2) is 0 Å². The molecule has 1 aliphatic heterocycles. The fraction of sp³-hybridized carbons (Fsp3) is 0.235. The highest BCUT2D eigenvalue weighted by Gasteiger charge is 2.28. The molecule has 5 nitrogen and oxygen atoms in total. The van der Waals surface area contributed by atoms with E-state index < -0.39 is 5.97 Å². The van der Waals surface area contributed by atoms with Gasteiger partial charge in [-0.15, -0.1) is 0 Å². The Balaban J connectivity index is 1.79. The molecule has 0 saturated carbocycles. The highest BCUT2D eigenvalue weighted by molar-refractivity contribution is 6.01. The van der Waals surface area contributed by atoms with Crippen LogP contribution in [0.15, 0.2) is 53.9 Å². The van der Waals surface area contributed by atoms with Gasteiger partial charge in [0.2, 0.25) is 0 Å². The molecular formula is C17H16FN3O2. The number of hydrogen-bond acceptors (Lipinski definition) is 4. The van der Waals surface area contributed by atoms with Crippen LogP contribution < -0.4 is 0 Å². The Labute approximate surface area is 133 Å². The number of carbonyl (C=O) groups is 1. The van der Waals surface area contributed by atoms with Gasteiger partial charge in [-0.2, -0.15) is 5.10 Å². The molecule has 1 aliphatic rings. The number of aromatic nitrogens is 1. The van der Waals surface area contributed by atoms with Gasteiger partial charge in [0.1, 0.15) is 12.4 Å². The molecule has 1 aromatic heterocycles. The summed E-state index contributed by atoms with van der Waals surface area (Å²) in [6.07, 6.45) is 4.64. The molecule has 23 heavy (non-hydrogen) atoms. The highest BCUT2D eigenvalue weighted by Crippen LogP contribution is 2.23. The number of benzene rings is 1. The molecular weight excluding hydrogens is 297 g/mol. The zero-order valence-electron chi connectivity index (χ0n) is 12.4. The molecule has 1 unspecified atom stereocenters. The van der Waals surface area contributed by atoms with Gasteiger partial charge >= 0.3 is 5.97 Å². The fourth-order valence-corrected chi connectivity index (χ4v) is 2.70. The van der Waals surface area contributed by atoms with Crippen LogP contribution in [0.3, 0.4) is 0 Å². The molecule has 1 aromatic carbocycles. The second-order valence-corrected chi connectivity index (χ2v) is 5.46. The van der Waals surface area contributed by atoms with E-state index in [0.717, 1.165) is 16.8 Å². The lowest BCUT2D eigenvalue weighted by atomic mass is 9.99. The summed E-state index contributed by atoms with van der Waals surface area (Å²) in [5.74, 6) is -1.20. The van der Waals surface area contributed by atoms with Crippen LogP contribution in [0.1, 0.15) is 17.5 Å². The monoisotopic (exact) mass is 313 g/mol. The minimum atomic E-state index is -0.922. The van der Waals surface area contributed by atoms with Crippen molar-refractivity contribution >= 4 is 11.7 Å². The van der Waals surface area contributed by atoms with Crippen molar-refractivity contribution in [2.24, 2.45) is 5.10 Å². The zero-order chi connectivity index (χ0) is 16.2. The summed E-state index contributed by atoms with van der Waals surface area (Å²) in [5.41, 5.74) is 2.75. The standard InChI is InChI=1S/C17H16FN3O2/c18-14-3-1-12(2-4-14)9-15-10-16(13-5-7-19-8-6-13)20-21(15)11-17(22)23/h1-8,15H,9-11H2,(H,22,23). The molecule has 0 fully saturated rings. The van der Waals surface area contributed by atoms with Crippen LogP contribution in [0.4, 0.5) is 4.39 Å². The lowest BCUT2D eigenvalue weighted by Gasteiger charge is -2.21. The van der Waals surface area contributed by atoms with Crippen molar-refractivity contribution in [1.29, 1.82) is 0 Å². The summed E-state index contributed by atoms with van der Waals surface area (Å²) >= 11 is 0. The highest BCUT2D eigenvalue weighted by atomic mass is 19.1. The topological polar surface area (TPSA) is 65.8 Å². The molecule has 0 aliphatic carbocycles. The molecule has 1 N–H and O–H groups in total. The van der Waals surface area contributed by atoms with Gasteiger partial charge in [-0.3, -0.25) is 14.8 Å². The number of carboxylic acids is 1. The smallest absolute Gasteiger partial charge is 0.324 e. The van der Waals surface area contributed by atoms with Crippen LogP contribution in [0.25, 0.3) is 0 Å². The Morgan fingerprint density at radius 1 is 1.22 bits per heavy atom. The van der Waals surface area contributed by atoms with E-state index in [2.05, 4.69) is 10.1 Å². The van der Waals surface area contributed by atoms with Crippen molar-refractivity contribution in [1.82, 2.24) is 9.99 Å².